The van der Waals surface area contributed by atoms with E-state index in [0.717, 1.165) is 5.56 Å². The molecule has 0 bridgehead atoms. The highest BCUT2D eigenvalue weighted by molar-refractivity contribution is 5.99. The first kappa shape index (κ1) is 14.4. The van der Waals surface area contributed by atoms with Gasteiger partial charge in [-0.05, 0) is 29.8 Å². The van der Waals surface area contributed by atoms with Gasteiger partial charge in [0, 0.05) is 12.8 Å². The fraction of sp³-hybridized carbons (Fsp3) is 0.278. The molecule has 0 spiro atoms. The fourth-order valence-corrected chi connectivity index (χ4v) is 2.72. The Kier molecular flexibility index (Phi) is 4.00. The van der Waals surface area contributed by atoms with E-state index in [0.29, 0.717) is 35.7 Å². The number of hydrogen-bond acceptors (Lipinski definition) is 4. The third-order valence-corrected chi connectivity index (χ3v) is 3.81. The molecular weight excluding hydrogens is 280 g/mol. The second kappa shape index (κ2) is 6.10. The minimum absolute atomic E-state index is 0.132. The van der Waals surface area contributed by atoms with Gasteiger partial charge in [0.05, 0.1) is 19.8 Å². The predicted molar refractivity (Wildman–Crippen MR) is 83.1 cm³/mol. The van der Waals surface area contributed by atoms with E-state index in [1.807, 2.05) is 42.5 Å². The first-order chi connectivity index (χ1) is 10.7. The van der Waals surface area contributed by atoms with E-state index in [1.165, 1.54) is 0 Å². The molecule has 0 amide bonds. The number of ketones is 1. The zero-order valence-corrected chi connectivity index (χ0v) is 12.7. The molecule has 0 N–H and O–H groups in total. The van der Waals surface area contributed by atoms with Crippen LogP contribution in [-0.4, -0.2) is 26.1 Å². The summed E-state index contributed by atoms with van der Waals surface area (Å²) in [7, 11) is 3.22. The van der Waals surface area contributed by atoms with E-state index < -0.39 is 0 Å². The first-order valence-electron chi connectivity index (χ1n) is 7.21. The molecule has 1 aliphatic rings. The van der Waals surface area contributed by atoms with Crippen LogP contribution in [-0.2, 0) is 6.42 Å². The summed E-state index contributed by atoms with van der Waals surface area (Å²) in [6, 6.07) is 13.1. The van der Waals surface area contributed by atoms with Crippen LogP contribution < -0.4 is 14.2 Å². The van der Waals surface area contributed by atoms with Crippen LogP contribution in [0.4, 0.5) is 0 Å². The van der Waals surface area contributed by atoms with Gasteiger partial charge in [0.25, 0.3) is 0 Å². The molecule has 0 saturated heterocycles. The quantitative estimate of drug-likeness (QED) is 0.869. The van der Waals surface area contributed by atoms with Crippen molar-refractivity contribution in [1.29, 1.82) is 0 Å². The average Bonchev–Trinajstić information content (AvgIpc) is 2.55. The second-order valence-electron chi connectivity index (χ2n) is 5.26. The van der Waals surface area contributed by atoms with Crippen LogP contribution >= 0.6 is 0 Å². The topological polar surface area (TPSA) is 44.8 Å². The summed E-state index contributed by atoms with van der Waals surface area (Å²) in [5, 5.41) is 0. The first-order valence-corrected chi connectivity index (χ1v) is 7.21. The molecule has 4 nitrogen and oxygen atoms in total. The van der Waals surface area contributed by atoms with Gasteiger partial charge >= 0.3 is 0 Å². The van der Waals surface area contributed by atoms with Crippen molar-refractivity contribution in [2.24, 2.45) is 0 Å². The summed E-state index contributed by atoms with van der Waals surface area (Å²) in [4.78, 5) is 12.2. The summed E-state index contributed by atoms with van der Waals surface area (Å²) >= 11 is 0. The smallest absolute Gasteiger partial charge is 0.170 e. The van der Waals surface area contributed by atoms with Gasteiger partial charge in [0.1, 0.15) is 11.9 Å². The number of carbonyl (C=O) groups is 1. The monoisotopic (exact) mass is 298 g/mol. The Labute approximate surface area is 129 Å². The Morgan fingerprint density at radius 3 is 2.64 bits per heavy atom. The van der Waals surface area contributed by atoms with Gasteiger partial charge in [-0.25, -0.2) is 0 Å². The standard InChI is InChI=1S/C18H18O4/c1-20-17-8-7-12(10-18(17)21-2)9-13-11-15(19)14-5-3-4-6-16(14)22-13/h3-8,10,13H,9,11H2,1-2H3. The van der Waals surface area contributed by atoms with Crippen LogP contribution in [0.25, 0.3) is 0 Å². The Hall–Kier alpha value is -2.49. The van der Waals surface area contributed by atoms with E-state index >= 15 is 0 Å². The molecule has 1 atom stereocenters. The summed E-state index contributed by atoms with van der Waals surface area (Å²) in [5.41, 5.74) is 1.72. The number of methoxy groups -OCH3 is 2. The highest BCUT2D eigenvalue weighted by atomic mass is 16.5. The van der Waals surface area contributed by atoms with Crippen molar-refractivity contribution in [2.45, 2.75) is 18.9 Å². The lowest BCUT2D eigenvalue weighted by Gasteiger charge is -2.25. The maximum atomic E-state index is 12.2. The molecular formula is C18H18O4. The van der Waals surface area contributed by atoms with Gasteiger partial charge in [-0.3, -0.25) is 4.79 Å². The number of carbonyl (C=O) groups excluding carboxylic acids is 1. The average molecular weight is 298 g/mol. The summed E-state index contributed by atoms with van der Waals surface area (Å²) in [6.45, 7) is 0. The van der Waals surface area contributed by atoms with Crippen molar-refractivity contribution in [2.75, 3.05) is 14.2 Å². The maximum absolute atomic E-state index is 12.2. The normalized spacial score (nSPS) is 16.6. The van der Waals surface area contributed by atoms with Gasteiger partial charge in [0.15, 0.2) is 17.3 Å². The lowest BCUT2D eigenvalue weighted by atomic mass is 9.96. The largest absolute Gasteiger partial charge is 0.493 e. The van der Waals surface area contributed by atoms with Crippen molar-refractivity contribution in [3.63, 3.8) is 0 Å². The number of Topliss-reactive ketones (excluding diaryl/α,β-unsaturated/α-hetero) is 1. The molecule has 1 heterocycles. The second-order valence-corrected chi connectivity index (χ2v) is 5.26. The van der Waals surface area contributed by atoms with E-state index in [9.17, 15) is 4.79 Å². The Bertz CT molecular complexity index is 693. The number of hydrogen-bond donors (Lipinski definition) is 0. The molecule has 3 rings (SSSR count). The van der Waals surface area contributed by atoms with E-state index in [2.05, 4.69) is 0 Å². The van der Waals surface area contributed by atoms with Crippen molar-refractivity contribution >= 4 is 5.78 Å². The minimum atomic E-state index is -0.152. The minimum Gasteiger partial charge on any atom is -0.493 e. The Morgan fingerprint density at radius 1 is 1.09 bits per heavy atom. The van der Waals surface area contributed by atoms with Crippen molar-refractivity contribution < 1.29 is 19.0 Å². The van der Waals surface area contributed by atoms with Crippen LogP contribution in [0.3, 0.4) is 0 Å². The predicted octanol–water partition coefficient (Wildman–Crippen LogP) is 3.28. The zero-order chi connectivity index (χ0) is 15.5. The van der Waals surface area contributed by atoms with Gasteiger partial charge in [0.2, 0.25) is 0 Å². The molecule has 2 aromatic rings. The molecule has 2 aromatic carbocycles. The summed E-state index contributed by atoms with van der Waals surface area (Å²) in [6.07, 6.45) is 0.895. The highest BCUT2D eigenvalue weighted by Crippen LogP contribution is 2.31. The van der Waals surface area contributed by atoms with Crippen LogP contribution in [0.15, 0.2) is 42.5 Å². The number of para-hydroxylation sites is 1. The maximum Gasteiger partial charge on any atom is 0.170 e. The highest BCUT2D eigenvalue weighted by Gasteiger charge is 2.26. The lowest BCUT2D eigenvalue weighted by Crippen LogP contribution is -2.28. The number of ether oxygens (including phenoxy) is 3. The molecule has 114 valence electrons. The van der Waals surface area contributed by atoms with Gasteiger partial charge in [-0.1, -0.05) is 18.2 Å². The third-order valence-electron chi connectivity index (χ3n) is 3.81. The van der Waals surface area contributed by atoms with Crippen molar-refractivity contribution in [3.05, 3.63) is 53.6 Å². The van der Waals surface area contributed by atoms with Crippen LogP contribution in [0.5, 0.6) is 17.2 Å². The van der Waals surface area contributed by atoms with Crippen molar-refractivity contribution in [1.82, 2.24) is 0 Å². The Balaban J connectivity index is 1.79. The third kappa shape index (κ3) is 2.77. The zero-order valence-electron chi connectivity index (χ0n) is 12.7. The Morgan fingerprint density at radius 2 is 1.86 bits per heavy atom. The van der Waals surface area contributed by atoms with Crippen LogP contribution in [0.2, 0.25) is 0 Å². The molecule has 0 radical (unpaired) electrons. The molecule has 22 heavy (non-hydrogen) atoms. The van der Waals surface area contributed by atoms with E-state index in [4.69, 9.17) is 14.2 Å². The molecule has 1 unspecified atom stereocenters. The number of benzene rings is 2. The number of fused-ring (bicyclic) bond motifs is 1. The number of rotatable bonds is 4. The molecule has 0 fully saturated rings. The molecule has 1 aliphatic heterocycles. The SMILES string of the molecule is COc1ccc(CC2CC(=O)c3ccccc3O2)cc1OC. The molecule has 0 aromatic heterocycles. The van der Waals surface area contributed by atoms with Crippen molar-refractivity contribution in [3.8, 4) is 17.2 Å². The van der Waals surface area contributed by atoms with E-state index in [1.54, 1.807) is 14.2 Å². The molecule has 0 saturated carbocycles. The van der Waals surface area contributed by atoms with E-state index in [-0.39, 0.29) is 11.9 Å². The molecule has 0 aliphatic carbocycles. The lowest BCUT2D eigenvalue weighted by molar-refractivity contribution is 0.0851. The van der Waals surface area contributed by atoms with Crippen LogP contribution in [0, 0.1) is 0 Å². The van der Waals surface area contributed by atoms with Gasteiger partial charge in [-0.15, -0.1) is 0 Å². The van der Waals surface area contributed by atoms with Crippen LogP contribution in [0.1, 0.15) is 22.3 Å². The summed E-state index contributed by atoms with van der Waals surface area (Å²) < 4.78 is 16.5. The fourth-order valence-electron chi connectivity index (χ4n) is 2.72. The molecule has 4 heteroatoms. The van der Waals surface area contributed by atoms with Gasteiger partial charge in [-0.2, -0.15) is 0 Å². The summed E-state index contributed by atoms with van der Waals surface area (Å²) in [5.74, 6) is 2.18. The van der Waals surface area contributed by atoms with Gasteiger partial charge < -0.3 is 14.2 Å².